The van der Waals surface area contributed by atoms with Crippen molar-refractivity contribution < 1.29 is 9.53 Å². The molecule has 2 heterocycles. The third kappa shape index (κ3) is 3.09. The summed E-state index contributed by atoms with van der Waals surface area (Å²) < 4.78 is 6.90. The number of nitrogens with zero attached hydrogens (tertiary/aromatic N) is 2. The van der Waals surface area contributed by atoms with Gasteiger partial charge in [0.2, 0.25) is 0 Å². The SMILES string of the molecule is CCOc1ccc(-c2c(C)sc3ncn([C@@H](C)C(C)=O)c(=O)c23)cc1. The van der Waals surface area contributed by atoms with Gasteiger partial charge in [0.25, 0.3) is 5.56 Å². The summed E-state index contributed by atoms with van der Waals surface area (Å²) in [7, 11) is 0. The van der Waals surface area contributed by atoms with E-state index in [9.17, 15) is 9.59 Å². The van der Waals surface area contributed by atoms with Crippen LogP contribution >= 0.6 is 11.3 Å². The second-order valence-corrected chi connectivity index (χ2v) is 7.12. The van der Waals surface area contributed by atoms with Gasteiger partial charge in [-0.3, -0.25) is 14.2 Å². The molecule has 3 rings (SSSR count). The largest absolute Gasteiger partial charge is 0.494 e. The lowest BCUT2D eigenvalue weighted by atomic mass is 10.0. The number of aryl methyl sites for hydroxylation is 1. The summed E-state index contributed by atoms with van der Waals surface area (Å²) in [6.45, 7) is 7.73. The minimum Gasteiger partial charge on any atom is -0.494 e. The Bertz CT molecular complexity index is 986. The monoisotopic (exact) mass is 356 g/mol. The molecule has 0 saturated carbocycles. The number of ketones is 1. The van der Waals surface area contributed by atoms with Gasteiger partial charge in [-0.25, -0.2) is 4.98 Å². The van der Waals surface area contributed by atoms with Gasteiger partial charge in [0.15, 0.2) is 5.78 Å². The van der Waals surface area contributed by atoms with E-state index in [0.717, 1.165) is 21.8 Å². The molecule has 0 aliphatic rings. The lowest BCUT2D eigenvalue weighted by Gasteiger charge is -2.11. The van der Waals surface area contributed by atoms with Gasteiger partial charge in [-0.2, -0.15) is 0 Å². The van der Waals surface area contributed by atoms with Gasteiger partial charge < -0.3 is 4.74 Å². The van der Waals surface area contributed by atoms with E-state index in [1.165, 1.54) is 29.2 Å². The van der Waals surface area contributed by atoms with E-state index >= 15 is 0 Å². The second kappa shape index (κ2) is 6.80. The Morgan fingerprint density at radius 3 is 2.60 bits per heavy atom. The molecule has 2 aromatic heterocycles. The highest BCUT2D eigenvalue weighted by atomic mass is 32.1. The maximum atomic E-state index is 13.0. The molecule has 0 radical (unpaired) electrons. The zero-order valence-electron chi connectivity index (χ0n) is 14.7. The van der Waals surface area contributed by atoms with Crippen LogP contribution in [0.15, 0.2) is 35.4 Å². The number of Topliss-reactive ketones (excluding diaryl/α,β-unsaturated/α-hetero) is 1. The van der Waals surface area contributed by atoms with Crippen molar-refractivity contribution in [1.29, 1.82) is 0 Å². The van der Waals surface area contributed by atoms with E-state index in [1.54, 1.807) is 6.92 Å². The molecule has 1 aromatic carbocycles. The van der Waals surface area contributed by atoms with Crippen LogP contribution in [0.1, 0.15) is 31.7 Å². The van der Waals surface area contributed by atoms with Crippen LogP contribution in [0, 0.1) is 6.92 Å². The number of ether oxygens (including phenoxy) is 1. The van der Waals surface area contributed by atoms with E-state index in [0.29, 0.717) is 16.8 Å². The third-order valence-corrected chi connectivity index (χ3v) is 5.29. The molecule has 0 aliphatic carbocycles. The molecule has 25 heavy (non-hydrogen) atoms. The molecule has 1 atom stereocenters. The Hall–Kier alpha value is -2.47. The predicted molar refractivity (Wildman–Crippen MR) is 101 cm³/mol. The number of carbonyl (C=O) groups is 1. The van der Waals surface area contributed by atoms with E-state index in [4.69, 9.17) is 4.74 Å². The van der Waals surface area contributed by atoms with Crippen molar-refractivity contribution in [2.75, 3.05) is 6.61 Å². The highest BCUT2D eigenvalue weighted by molar-refractivity contribution is 7.19. The fourth-order valence-electron chi connectivity index (χ4n) is 2.82. The van der Waals surface area contributed by atoms with Crippen molar-refractivity contribution in [3.05, 3.63) is 45.8 Å². The minimum atomic E-state index is -0.530. The first-order chi connectivity index (χ1) is 11.9. The fourth-order valence-corrected chi connectivity index (χ4v) is 3.82. The van der Waals surface area contributed by atoms with Gasteiger partial charge in [0, 0.05) is 10.4 Å². The standard InChI is InChI=1S/C19H20N2O3S/c1-5-24-15-8-6-14(7-9-15)16-13(4)25-18-17(16)19(23)21(10-20-18)11(2)12(3)22/h6-11H,5H2,1-4H3/t11-/m0/s1. The predicted octanol–water partition coefficient (Wildman–Crippen LogP) is 3.98. The van der Waals surface area contributed by atoms with E-state index < -0.39 is 6.04 Å². The summed E-state index contributed by atoms with van der Waals surface area (Å²) in [5.41, 5.74) is 1.64. The number of benzene rings is 1. The summed E-state index contributed by atoms with van der Waals surface area (Å²) in [5.74, 6) is 0.724. The van der Waals surface area contributed by atoms with Gasteiger partial charge in [0.05, 0.1) is 24.4 Å². The zero-order chi connectivity index (χ0) is 18.1. The van der Waals surface area contributed by atoms with Gasteiger partial charge >= 0.3 is 0 Å². The topological polar surface area (TPSA) is 61.2 Å². The molecular formula is C19H20N2O3S. The van der Waals surface area contributed by atoms with Crippen LogP contribution in [-0.2, 0) is 4.79 Å². The molecule has 3 aromatic rings. The van der Waals surface area contributed by atoms with Crippen molar-refractivity contribution in [3.8, 4) is 16.9 Å². The average Bonchev–Trinajstić information content (AvgIpc) is 2.92. The molecule has 5 nitrogen and oxygen atoms in total. The quantitative estimate of drug-likeness (QED) is 0.694. The molecule has 0 saturated heterocycles. The van der Waals surface area contributed by atoms with Gasteiger partial charge in [0.1, 0.15) is 10.6 Å². The third-order valence-electron chi connectivity index (χ3n) is 4.27. The van der Waals surface area contributed by atoms with Crippen LogP contribution in [0.25, 0.3) is 21.3 Å². The van der Waals surface area contributed by atoms with Crippen molar-refractivity contribution in [3.63, 3.8) is 0 Å². The van der Waals surface area contributed by atoms with Gasteiger partial charge in [-0.1, -0.05) is 12.1 Å². The zero-order valence-corrected chi connectivity index (χ0v) is 15.5. The number of aromatic nitrogens is 2. The molecule has 0 spiro atoms. The molecule has 0 bridgehead atoms. The van der Waals surface area contributed by atoms with Crippen molar-refractivity contribution in [2.24, 2.45) is 0 Å². The second-order valence-electron chi connectivity index (χ2n) is 5.91. The normalized spacial score (nSPS) is 12.3. The number of rotatable bonds is 5. The van der Waals surface area contributed by atoms with Crippen molar-refractivity contribution in [2.45, 2.75) is 33.7 Å². The first-order valence-electron chi connectivity index (χ1n) is 8.18. The number of carbonyl (C=O) groups excluding carboxylic acids is 1. The van der Waals surface area contributed by atoms with E-state index in [-0.39, 0.29) is 11.3 Å². The lowest BCUT2D eigenvalue weighted by Crippen LogP contribution is -2.27. The van der Waals surface area contributed by atoms with Crippen molar-refractivity contribution in [1.82, 2.24) is 9.55 Å². The number of hydrogen-bond acceptors (Lipinski definition) is 5. The first kappa shape index (κ1) is 17.4. The molecule has 0 unspecified atom stereocenters. The highest BCUT2D eigenvalue weighted by Crippen LogP contribution is 2.36. The molecular weight excluding hydrogens is 336 g/mol. The summed E-state index contributed by atoms with van der Waals surface area (Å²) >= 11 is 1.49. The number of fused-ring (bicyclic) bond motifs is 1. The number of hydrogen-bond donors (Lipinski definition) is 0. The summed E-state index contributed by atoms with van der Waals surface area (Å²) in [5, 5.41) is 0.572. The summed E-state index contributed by atoms with van der Waals surface area (Å²) in [6.07, 6.45) is 1.47. The lowest BCUT2D eigenvalue weighted by molar-refractivity contribution is -0.119. The first-order valence-corrected chi connectivity index (χ1v) is 8.99. The highest BCUT2D eigenvalue weighted by Gasteiger charge is 2.20. The smallest absolute Gasteiger partial charge is 0.263 e. The number of thiophene rings is 1. The van der Waals surface area contributed by atoms with Gasteiger partial charge in [-0.05, 0) is 45.4 Å². The maximum Gasteiger partial charge on any atom is 0.263 e. The Labute approximate surface area is 149 Å². The van der Waals surface area contributed by atoms with E-state index in [2.05, 4.69) is 4.98 Å². The average molecular weight is 356 g/mol. The molecule has 0 fully saturated rings. The molecule has 0 amide bonds. The molecule has 0 N–H and O–H groups in total. The molecule has 6 heteroatoms. The van der Waals surface area contributed by atoms with Crippen LogP contribution in [-0.4, -0.2) is 21.9 Å². The minimum absolute atomic E-state index is 0.0715. The Morgan fingerprint density at radius 2 is 2.00 bits per heavy atom. The maximum absolute atomic E-state index is 13.0. The molecule has 0 aliphatic heterocycles. The molecule has 130 valence electrons. The summed E-state index contributed by atoms with van der Waals surface area (Å²) in [6, 6.07) is 7.16. The summed E-state index contributed by atoms with van der Waals surface area (Å²) in [4.78, 5) is 30.8. The van der Waals surface area contributed by atoms with Crippen LogP contribution < -0.4 is 10.3 Å². The van der Waals surface area contributed by atoms with E-state index in [1.807, 2.05) is 38.1 Å². The van der Waals surface area contributed by atoms with Crippen LogP contribution in [0.5, 0.6) is 5.75 Å². The fraction of sp³-hybridized carbons (Fsp3) is 0.316. The Morgan fingerprint density at radius 1 is 1.32 bits per heavy atom. The van der Waals surface area contributed by atoms with Crippen LogP contribution in [0.2, 0.25) is 0 Å². The van der Waals surface area contributed by atoms with Crippen molar-refractivity contribution >= 4 is 27.3 Å². The Balaban J connectivity index is 2.21. The van der Waals surface area contributed by atoms with Gasteiger partial charge in [-0.15, -0.1) is 11.3 Å². The van der Waals surface area contributed by atoms with Crippen LogP contribution in [0.3, 0.4) is 0 Å². The Kier molecular flexibility index (Phi) is 4.72. The van der Waals surface area contributed by atoms with Crippen LogP contribution in [0.4, 0.5) is 0 Å².